The molecule has 0 radical (unpaired) electrons. The van der Waals surface area contributed by atoms with Crippen LogP contribution in [0.3, 0.4) is 0 Å². The van der Waals surface area contributed by atoms with E-state index >= 15 is 0 Å². The fourth-order valence-corrected chi connectivity index (χ4v) is 3.76. The van der Waals surface area contributed by atoms with Gasteiger partial charge in [-0.1, -0.05) is 20.8 Å². The number of piperidine rings is 1. The molecule has 0 aliphatic carbocycles. The molecule has 3 rings (SSSR count). The second-order valence-corrected chi connectivity index (χ2v) is 8.55. The van der Waals surface area contributed by atoms with Crippen LogP contribution in [-0.2, 0) is 0 Å². The van der Waals surface area contributed by atoms with Gasteiger partial charge in [0.1, 0.15) is 17.3 Å². The van der Waals surface area contributed by atoms with E-state index in [1.54, 1.807) is 24.4 Å². The summed E-state index contributed by atoms with van der Waals surface area (Å²) in [4.78, 5) is 10.6. The van der Waals surface area contributed by atoms with Crippen molar-refractivity contribution in [3.8, 4) is 0 Å². The van der Waals surface area contributed by atoms with Gasteiger partial charge in [-0.15, -0.1) is 0 Å². The SMILES string of the molecule is CC(C)(C)C(N)C1CCCN(c2ccc(F)c(C(=N)c3cccnc3N)n2)C1. The summed E-state index contributed by atoms with van der Waals surface area (Å²) in [6.07, 6.45) is 3.62. The van der Waals surface area contributed by atoms with Crippen LogP contribution in [0, 0.1) is 22.6 Å². The molecule has 1 aliphatic heterocycles. The van der Waals surface area contributed by atoms with Crippen molar-refractivity contribution in [3.05, 3.63) is 47.5 Å². The zero-order chi connectivity index (χ0) is 20.5. The summed E-state index contributed by atoms with van der Waals surface area (Å²) in [5.74, 6) is 0.650. The zero-order valence-corrected chi connectivity index (χ0v) is 16.7. The normalized spacial score (nSPS) is 18.8. The molecule has 7 heteroatoms. The molecule has 2 aromatic rings. The lowest BCUT2D eigenvalue weighted by atomic mass is 9.76. The molecular formula is C21H29FN6. The van der Waals surface area contributed by atoms with Crippen molar-refractivity contribution in [2.75, 3.05) is 23.7 Å². The summed E-state index contributed by atoms with van der Waals surface area (Å²) in [7, 11) is 0. The quantitative estimate of drug-likeness (QED) is 0.702. The molecule has 2 aromatic heterocycles. The second kappa shape index (κ2) is 7.83. The first-order valence-electron chi connectivity index (χ1n) is 9.65. The van der Waals surface area contributed by atoms with Crippen molar-refractivity contribution < 1.29 is 4.39 Å². The second-order valence-electron chi connectivity index (χ2n) is 8.55. The molecule has 2 atom stereocenters. The molecule has 0 bridgehead atoms. The van der Waals surface area contributed by atoms with Gasteiger partial charge in [-0.05, 0) is 48.4 Å². The van der Waals surface area contributed by atoms with E-state index in [1.807, 2.05) is 0 Å². The van der Waals surface area contributed by atoms with Gasteiger partial charge < -0.3 is 16.4 Å². The molecule has 1 saturated heterocycles. The highest BCUT2D eigenvalue weighted by atomic mass is 19.1. The highest BCUT2D eigenvalue weighted by molar-refractivity contribution is 6.12. The van der Waals surface area contributed by atoms with Gasteiger partial charge in [0, 0.05) is 30.9 Å². The van der Waals surface area contributed by atoms with Crippen LogP contribution in [0.4, 0.5) is 16.0 Å². The molecule has 28 heavy (non-hydrogen) atoms. The number of rotatable bonds is 4. The van der Waals surface area contributed by atoms with E-state index in [0.29, 0.717) is 17.3 Å². The maximum absolute atomic E-state index is 14.5. The number of hydrogen-bond acceptors (Lipinski definition) is 6. The lowest BCUT2D eigenvalue weighted by molar-refractivity contribution is 0.214. The number of nitrogens with one attached hydrogen (secondary N) is 1. The largest absolute Gasteiger partial charge is 0.383 e. The predicted octanol–water partition coefficient (Wildman–Crippen LogP) is 3.20. The summed E-state index contributed by atoms with van der Waals surface area (Å²) < 4.78 is 14.5. The summed E-state index contributed by atoms with van der Waals surface area (Å²) in [5.41, 5.74) is 12.7. The molecule has 6 nitrogen and oxygen atoms in total. The van der Waals surface area contributed by atoms with Gasteiger partial charge in [-0.3, -0.25) is 5.41 Å². The maximum Gasteiger partial charge on any atom is 0.151 e. The number of aromatic nitrogens is 2. The fourth-order valence-electron chi connectivity index (χ4n) is 3.76. The number of nitrogens with two attached hydrogens (primary N) is 2. The van der Waals surface area contributed by atoms with Gasteiger partial charge in [0.25, 0.3) is 0 Å². The average molecular weight is 385 g/mol. The monoisotopic (exact) mass is 384 g/mol. The van der Waals surface area contributed by atoms with Crippen LogP contribution in [0.2, 0.25) is 0 Å². The Bertz CT molecular complexity index is 860. The molecule has 5 N–H and O–H groups in total. The van der Waals surface area contributed by atoms with Gasteiger partial charge in [-0.2, -0.15) is 0 Å². The van der Waals surface area contributed by atoms with E-state index in [0.717, 1.165) is 25.9 Å². The molecule has 3 heterocycles. The Kier molecular flexibility index (Phi) is 5.65. The van der Waals surface area contributed by atoms with E-state index in [2.05, 4.69) is 35.6 Å². The molecule has 1 aliphatic rings. The molecule has 0 aromatic carbocycles. The summed E-state index contributed by atoms with van der Waals surface area (Å²) in [5, 5.41) is 8.39. The first-order chi connectivity index (χ1) is 13.2. The Morgan fingerprint density at radius 3 is 2.75 bits per heavy atom. The van der Waals surface area contributed by atoms with Crippen LogP contribution < -0.4 is 16.4 Å². The van der Waals surface area contributed by atoms with Crippen LogP contribution in [0.1, 0.15) is 44.9 Å². The number of nitrogen functional groups attached to an aromatic ring is 1. The minimum Gasteiger partial charge on any atom is -0.383 e. The number of anilines is 2. The highest BCUT2D eigenvalue weighted by Gasteiger charge is 2.32. The zero-order valence-electron chi connectivity index (χ0n) is 16.7. The summed E-state index contributed by atoms with van der Waals surface area (Å²) in [6, 6.07) is 6.43. The number of pyridine rings is 2. The maximum atomic E-state index is 14.5. The van der Waals surface area contributed by atoms with Crippen LogP contribution in [0.15, 0.2) is 30.5 Å². The van der Waals surface area contributed by atoms with Crippen molar-refractivity contribution in [1.82, 2.24) is 9.97 Å². The third kappa shape index (κ3) is 4.14. The van der Waals surface area contributed by atoms with Gasteiger partial charge in [0.2, 0.25) is 0 Å². The summed E-state index contributed by atoms with van der Waals surface area (Å²) in [6.45, 7) is 8.09. The molecule has 0 saturated carbocycles. The predicted molar refractivity (Wildman–Crippen MR) is 111 cm³/mol. The Morgan fingerprint density at radius 2 is 2.07 bits per heavy atom. The lowest BCUT2D eigenvalue weighted by Gasteiger charge is -2.41. The number of halogens is 1. The van der Waals surface area contributed by atoms with Gasteiger partial charge >= 0.3 is 0 Å². The van der Waals surface area contributed by atoms with E-state index < -0.39 is 5.82 Å². The first-order valence-corrected chi connectivity index (χ1v) is 9.65. The molecule has 150 valence electrons. The standard InChI is InChI=1S/C21H29FN6/c1-21(2,3)19(24)13-6-5-11-28(12-13)16-9-8-15(22)18(27-16)17(23)14-7-4-10-26-20(14)25/h4,7-10,13,19,23H,5-6,11-12,24H2,1-3H3,(H2,25,26). The Hall–Kier alpha value is -2.54. The third-order valence-corrected chi connectivity index (χ3v) is 5.47. The Morgan fingerprint density at radius 1 is 1.32 bits per heavy atom. The van der Waals surface area contributed by atoms with Gasteiger partial charge in [0.15, 0.2) is 5.82 Å². The van der Waals surface area contributed by atoms with Crippen LogP contribution in [0.5, 0.6) is 0 Å². The van der Waals surface area contributed by atoms with E-state index in [4.69, 9.17) is 16.9 Å². The Balaban J connectivity index is 1.87. The summed E-state index contributed by atoms with van der Waals surface area (Å²) >= 11 is 0. The van der Waals surface area contributed by atoms with Gasteiger partial charge in [-0.25, -0.2) is 14.4 Å². The highest BCUT2D eigenvalue weighted by Crippen LogP contribution is 2.31. The van der Waals surface area contributed by atoms with Crippen LogP contribution >= 0.6 is 0 Å². The third-order valence-electron chi connectivity index (χ3n) is 5.47. The lowest BCUT2D eigenvalue weighted by Crippen LogP contribution is -2.49. The van der Waals surface area contributed by atoms with Crippen molar-refractivity contribution >= 4 is 17.3 Å². The molecule has 1 fully saturated rings. The molecular weight excluding hydrogens is 355 g/mol. The fraction of sp³-hybridized carbons (Fsp3) is 0.476. The van der Waals surface area contributed by atoms with Gasteiger partial charge in [0.05, 0.1) is 5.71 Å². The van der Waals surface area contributed by atoms with E-state index in [-0.39, 0.29) is 28.7 Å². The molecule has 2 unspecified atom stereocenters. The minimum atomic E-state index is -0.544. The first kappa shape index (κ1) is 20.2. The number of nitrogens with zero attached hydrogens (tertiary/aromatic N) is 3. The van der Waals surface area contributed by atoms with Crippen molar-refractivity contribution in [2.24, 2.45) is 17.1 Å². The minimum absolute atomic E-state index is 0.0144. The van der Waals surface area contributed by atoms with Crippen molar-refractivity contribution in [2.45, 2.75) is 39.7 Å². The smallest absolute Gasteiger partial charge is 0.151 e. The van der Waals surface area contributed by atoms with Crippen LogP contribution in [-0.4, -0.2) is 34.8 Å². The topological polar surface area (TPSA) is 105 Å². The molecule has 0 amide bonds. The Labute approximate surface area is 165 Å². The number of hydrogen-bond donors (Lipinski definition) is 3. The van der Waals surface area contributed by atoms with Crippen molar-refractivity contribution in [1.29, 1.82) is 5.41 Å². The molecule has 0 spiro atoms. The van der Waals surface area contributed by atoms with E-state index in [1.165, 1.54) is 6.07 Å². The van der Waals surface area contributed by atoms with Crippen molar-refractivity contribution in [3.63, 3.8) is 0 Å². The van der Waals surface area contributed by atoms with Crippen LogP contribution in [0.25, 0.3) is 0 Å². The van der Waals surface area contributed by atoms with E-state index in [9.17, 15) is 4.39 Å². The average Bonchev–Trinajstić information content (AvgIpc) is 2.67.